The summed E-state index contributed by atoms with van der Waals surface area (Å²) in [4.78, 5) is 2.46. The molecule has 1 aliphatic heterocycles. The van der Waals surface area contributed by atoms with E-state index in [9.17, 15) is 5.26 Å². The number of hydrogen-bond acceptors (Lipinski definition) is 3. The van der Waals surface area contributed by atoms with E-state index in [1.807, 2.05) is 0 Å². The first-order chi connectivity index (χ1) is 8.71. The van der Waals surface area contributed by atoms with Gasteiger partial charge in [-0.05, 0) is 38.3 Å². The fourth-order valence-electron chi connectivity index (χ4n) is 2.73. The molecule has 1 saturated heterocycles. The van der Waals surface area contributed by atoms with Crippen LogP contribution in [0.25, 0.3) is 0 Å². The monoisotopic (exact) mass is 241 g/mol. The second-order valence-electron chi connectivity index (χ2n) is 5.64. The van der Waals surface area contributed by atoms with Crippen molar-refractivity contribution in [2.75, 3.05) is 18.4 Å². The van der Waals surface area contributed by atoms with Crippen molar-refractivity contribution >= 4 is 5.69 Å². The smallest absolute Gasteiger partial charge is 0.139 e. The molecule has 1 unspecified atom stereocenters. The van der Waals surface area contributed by atoms with E-state index in [1.54, 1.807) is 0 Å². The minimum Gasteiger partial charge on any atom is -0.366 e. The van der Waals surface area contributed by atoms with Crippen molar-refractivity contribution in [3.8, 4) is 6.07 Å². The third kappa shape index (κ3) is 2.21. The van der Waals surface area contributed by atoms with Gasteiger partial charge in [0, 0.05) is 24.8 Å². The van der Waals surface area contributed by atoms with E-state index < -0.39 is 5.54 Å². The van der Waals surface area contributed by atoms with Gasteiger partial charge in [-0.2, -0.15) is 5.26 Å². The van der Waals surface area contributed by atoms with Crippen LogP contribution in [-0.4, -0.2) is 29.6 Å². The van der Waals surface area contributed by atoms with Crippen LogP contribution in [0.15, 0.2) is 24.3 Å². The molecule has 1 saturated carbocycles. The molecule has 3 nitrogen and oxygen atoms in total. The van der Waals surface area contributed by atoms with E-state index in [4.69, 9.17) is 0 Å². The second kappa shape index (κ2) is 4.29. The summed E-state index contributed by atoms with van der Waals surface area (Å²) in [5.41, 5.74) is 1.91. The summed E-state index contributed by atoms with van der Waals surface area (Å²) in [6.45, 7) is 3.99. The van der Waals surface area contributed by atoms with Crippen molar-refractivity contribution in [1.82, 2.24) is 4.90 Å². The molecule has 1 aromatic carbocycles. The van der Waals surface area contributed by atoms with E-state index >= 15 is 0 Å². The Balaban J connectivity index is 1.72. The van der Waals surface area contributed by atoms with Crippen molar-refractivity contribution in [2.45, 2.75) is 37.8 Å². The number of anilines is 1. The highest BCUT2D eigenvalue weighted by Crippen LogP contribution is 2.34. The normalized spacial score (nSPS) is 28.0. The molecule has 0 aromatic heterocycles. The molecule has 0 amide bonds. The molecule has 2 aliphatic rings. The number of nitrogens with one attached hydrogen (secondary N) is 1. The molecule has 94 valence electrons. The molecule has 3 heteroatoms. The van der Waals surface area contributed by atoms with E-state index in [-0.39, 0.29) is 0 Å². The van der Waals surface area contributed by atoms with Gasteiger partial charge in [0.1, 0.15) is 5.54 Å². The number of nitrogens with zero attached hydrogens (tertiary/aromatic N) is 2. The summed E-state index contributed by atoms with van der Waals surface area (Å²) in [5, 5.41) is 13.0. The number of benzene rings is 1. The third-order valence-corrected chi connectivity index (χ3v) is 4.01. The van der Waals surface area contributed by atoms with Crippen LogP contribution in [0.1, 0.15) is 24.8 Å². The standard InChI is InChI=1S/C15H19N3/c1-12-2-4-13(5-3-12)17-15(10-16)8-9-18(11-15)14-6-7-14/h2-5,14,17H,6-9,11H2,1H3. The van der Waals surface area contributed by atoms with Gasteiger partial charge in [-0.25, -0.2) is 0 Å². The Hall–Kier alpha value is -1.53. The summed E-state index contributed by atoms with van der Waals surface area (Å²) in [5.74, 6) is 0. The fraction of sp³-hybridized carbons (Fsp3) is 0.533. The Bertz CT molecular complexity index is 470. The first kappa shape index (κ1) is 11.6. The zero-order chi connectivity index (χ0) is 12.6. The number of rotatable bonds is 3. The molecule has 18 heavy (non-hydrogen) atoms. The van der Waals surface area contributed by atoms with E-state index in [0.29, 0.717) is 0 Å². The highest BCUT2D eigenvalue weighted by Gasteiger charge is 2.43. The van der Waals surface area contributed by atoms with Crippen molar-refractivity contribution in [2.24, 2.45) is 0 Å². The van der Waals surface area contributed by atoms with Crippen LogP contribution in [0.3, 0.4) is 0 Å². The van der Waals surface area contributed by atoms with Crippen LogP contribution in [-0.2, 0) is 0 Å². The summed E-state index contributed by atoms with van der Waals surface area (Å²) in [6.07, 6.45) is 3.55. The maximum Gasteiger partial charge on any atom is 0.139 e. The number of aryl methyl sites for hydroxylation is 1. The van der Waals surface area contributed by atoms with Gasteiger partial charge in [0.2, 0.25) is 0 Å². The number of nitriles is 1. The second-order valence-corrected chi connectivity index (χ2v) is 5.64. The van der Waals surface area contributed by atoms with Gasteiger partial charge in [0.25, 0.3) is 0 Å². The predicted molar refractivity (Wildman–Crippen MR) is 72.4 cm³/mol. The Labute approximate surface area is 108 Å². The lowest BCUT2D eigenvalue weighted by atomic mass is 10.00. The Morgan fingerprint density at radius 2 is 2.06 bits per heavy atom. The lowest BCUT2D eigenvalue weighted by molar-refractivity contribution is 0.319. The topological polar surface area (TPSA) is 39.1 Å². The molecule has 1 atom stereocenters. The van der Waals surface area contributed by atoms with Crippen LogP contribution in [0, 0.1) is 18.3 Å². The molecule has 0 radical (unpaired) electrons. The minimum atomic E-state index is -0.391. The van der Waals surface area contributed by atoms with Gasteiger partial charge >= 0.3 is 0 Å². The molecule has 0 bridgehead atoms. The summed E-state index contributed by atoms with van der Waals surface area (Å²) < 4.78 is 0. The average molecular weight is 241 g/mol. The summed E-state index contributed by atoms with van der Waals surface area (Å²) >= 11 is 0. The zero-order valence-corrected chi connectivity index (χ0v) is 10.8. The van der Waals surface area contributed by atoms with Gasteiger partial charge in [-0.15, -0.1) is 0 Å². The fourth-order valence-corrected chi connectivity index (χ4v) is 2.73. The highest BCUT2D eigenvalue weighted by molar-refractivity contribution is 5.49. The molecule has 2 fully saturated rings. The quantitative estimate of drug-likeness (QED) is 0.884. The van der Waals surface area contributed by atoms with Crippen LogP contribution in [0.2, 0.25) is 0 Å². The van der Waals surface area contributed by atoms with E-state index in [1.165, 1.54) is 18.4 Å². The first-order valence-electron chi connectivity index (χ1n) is 6.71. The lowest BCUT2D eigenvalue weighted by Crippen LogP contribution is -2.40. The van der Waals surface area contributed by atoms with Gasteiger partial charge in [0.15, 0.2) is 0 Å². The summed E-state index contributed by atoms with van der Waals surface area (Å²) in [6, 6.07) is 11.5. The Morgan fingerprint density at radius 1 is 1.33 bits per heavy atom. The van der Waals surface area contributed by atoms with Crippen LogP contribution in [0.4, 0.5) is 5.69 Å². The number of likely N-dealkylation sites (tertiary alicyclic amines) is 1. The van der Waals surface area contributed by atoms with E-state index in [2.05, 4.69) is 47.5 Å². The molecule has 1 N–H and O–H groups in total. The Morgan fingerprint density at radius 3 is 2.67 bits per heavy atom. The largest absolute Gasteiger partial charge is 0.366 e. The first-order valence-corrected chi connectivity index (χ1v) is 6.71. The maximum atomic E-state index is 9.51. The molecular formula is C15H19N3. The predicted octanol–water partition coefficient (Wildman–Crippen LogP) is 2.54. The molecule has 1 aromatic rings. The SMILES string of the molecule is Cc1ccc(NC2(C#N)CCN(C3CC3)C2)cc1. The Kier molecular flexibility index (Phi) is 2.76. The van der Waals surface area contributed by atoms with Crippen LogP contribution < -0.4 is 5.32 Å². The lowest BCUT2D eigenvalue weighted by Gasteiger charge is -2.24. The molecular weight excluding hydrogens is 222 g/mol. The van der Waals surface area contributed by atoms with Crippen molar-refractivity contribution in [3.63, 3.8) is 0 Å². The van der Waals surface area contributed by atoms with Gasteiger partial charge in [-0.1, -0.05) is 17.7 Å². The molecule has 3 rings (SSSR count). The van der Waals surface area contributed by atoms with Gasteiger partial charge in [0.05, 0.1) is 6.07 Å². The maximum absolute atomic E-state index is 9.51. The zero-order valence-electron chi connectivity index (χ0n) is 10.8. The molecule has 1 heterocycles. The van der Waals surface area contributed by atoms with Crippen LogP contribution in [0.5, 0.6) is 0 Å². The minimum absolute atomic E-state index is 0.391. The van der Waals surface area contributed by atoms with Gasteiger partial charge < -0.3 is 5.32 Å². The highest BCUT2D eigenvalue weighted by atomic mass is 15.2. The van der Waals surface area contributed by atoms with Gasteiger partial charge in [-0.3, -0.25) is 4.90 Å². The summed E-state index contributed by atoms with van der Waals surface area (Å²) in [7, 11) is 0. The third-order valence-electron chi connectivity index (χ3n) is 4.01. The van der Waals surface area contributed by atoms with Crippen molar-refractivity contribution in [1.29, 1.82) is 5.26 Å². The molecule has 1 aliphatic carbocycles. The van der Waals surface area contributed by atoms with Crippen molar-refractivity contribution in [3.05, 3.63) is 29.8 Å². The number of hydrogen-bond donors (Lipinski definition) is 1. The van der Waals surface area contributed by atoms with E-state index in [0.717, 1.165) is 31.2 Å². The average Bonchev–Trinajstić information content (AvgIpc) is 3.15. The molecule has 0 spiro atoms. The van der Waals surface area contributed by atoms with Crippen LogP contribution >= 0.6 is 0 Å². The van der Waals surface area contributed by atoms with Crippen molar-refractivity contribution < 1.29 is 0 Å².